The van der Waals surface area contributed by atoms with E-state index in [1.807, 2.05) is 11.8 Å². The second-order valence-corrected chi connectivity index (χ2v) is 8.90. The Kier molecular flexibility index (Phi) is 5.53. The molecule has 2 rings (SSSR count). The summed E-state index contributed by atoms with van der Waals surface area (Å²) in [6.45, 7) is 3.67. The predicted octanol–water partition coefficient (Wildman–Crippen LogP) is 2.42. The molecule has 0 spiro atoms. The maximum absolute atomic E-state index is 12.7. The van der Waals surface area contributed by atoms with Crippen LogP contribution in [0.1, 0.15) is 18.9 Å². The summed E-state index contributed by atoms with van der Waals surface area (Å²) in [6.07, 6.45) is 0.990. The molecule has 0 saturated carbocycles. The number of hydrogen-bond donors (Lipinski definition) is 1. The van der Waals surface area contributed by atoms with Gasteiger partial charge in [-0.3, -0.25) is 0 Å². The molecule has 0 amide bonds. The lowest BCUT2D eigenvalue weighted by molar-refractivity contribution is 0.415. The van der Waals surface area contributed by atoms with E-state index < -0.39 is 10.0 Å². The van der Waals surface area contributed by atoms with Gasteiger partial charge in [0.15, 0.2) is 0 Å². The van der Waals surface area contributed by atoms with Crippen molar-refractivity contribution >= 4 is 37.7 Å². The van der Waals surface area contributed by atoms with Crippen molar-refractivity contribution in [2.75, 3.05) is 18.8 Å². The van der Waals surface area contributed by atoms with Gasteiger partial charge in [0.25, 0.3) is 0 Å². The highest BCUT2D eigenvalue weighted by molar-refractivity contribution is 9.10. The van der Waals surface area contributed by atoms with Crippen molar-refractivity contribution < 1.29 is 8.42 Å². The fourth-order valence-electron chi connectivity index (χ4n) is 2.18. The van der Waals surface area contributed by atoms with Gasteiger partial charge in [0.1, 0.15) is 0 Å². The highest BCUT2D eigenvalue weighted by Gasteiger charge is 2.31. The Bertz CT molecular complexity index is 578. The van der Waals surface area contributed by atoms with Crippen molar-refractivity contribution in [1.82, 2.24) is 4.31 Å². The van der Waals surface area contributed by atoms with Crippen molar-refractivity contribution in [3.63, 3.8) is 0 Å². The van der Waals surface area contributed by atoms with Crippen molar-refractivity contribution in [1.29, 1.82) is 0 Å². The number of hydrogen-bond acceptors (Lipinski definition) is 4. The topological polar surface area (TPSA) is 63.4 Å². The first-order valence-electron chi connectivity index (χ1n) is 6.59. The van der Waals surface area contributed by atoms with Gasteiger partial charge in [0, 0.05) is 35.1 Å². The smallest absolute Gasteiger partial charge is 0.244 e. The summed E-state index contributed by atoms with van der Waals surface area (Å²) >= 11 is 5.21. The van der Waals surface area contributed by atoms with E-state index >= 15 is 0 Å². The standard InChI is InChI=1S/C13H19BrN2O2S2/c1-2-11-9-16(5-6-19-11)20(17,18)13-4-3-10(8-15)7-12(13)14/h3-4,7,11H,2,5-6,8-9,15H2,1H3. The van der Waals surface area contributed by atoms with Gasteiger partial charge >= 0.3 is 0 Å². The molecule has 112 valence electrons. The Hall–Kier alpha value is -0.0800. The zero-order valence-corrected chi connectivity index (χ0v) is 14.6. The van der Waals surface area contributed by atoms with E-state index in [-0.39, 0.29) is 0 Å². The second-order valence-electron chi connectivity index (χ2n) is 4.73. The fraction of sp³-hybridized carbons (Fsp3) is 0.538. The van der Waals surface area contributed by atoms with Crippen LogP contribution in [-0.2, 0) is 16.6 Å². The molecule has 1 aliphatic heterocycles. The second kappa shape index (κ2) is 6.79. The van der Waals surface area contributed by atoms with Gasteiger partial charge in [-0.25, -0.2) is 8.42 Å². The van der Waals surface area contributed by atoms with Crippen LogP contribution in [0.3, 0.4) is 0 Å². The Morgan fingerprint density at radius 3 is 2.85 bits per heavy atom. The molecule has 20 heavy (non-hydrogen) atoms. The molecule has 4 nitrogen and oxygen atoms in total. The van der Waals surface area contributed by atoms with E-state index in [4.69, 9.17) is 5.73 Å². The first kappa shape index (κ1) is 16.3. The maximum Gasteiger partial charge on any atom is 0.244 e. The molecule has 7 heteroatoms. The highest BCUT2D eigenvalue weighted by atomic mass is 79.9. The average Bonchev–Trinajstić information content (AvgIpc) is 2.46. The zero-order chi connectivity index (χ0) is 14.8. The number of nitrogens with zero attached hydrogens (tertiary/aromatic N) is 1. The maximum atomic E-state index is 12.7. The van der Waals surface area contributed by atoms with Gasteiger partial charge in [0.2, 0.25) is 10.0 Å². The van der Waals surface area contributed by atoms with Crippen LogP contribution in [0.25, 0.3) is 0 Å². The monoisotopic (exact) mass is 378 g/mol. The summed E-state index contributed by atoms with van der Waals surface area (Å²) in [5, 5.41) is 0.389. The number of thioether (sulfide) groups is 1. The van der Waals surface area contributed by atoms with Crippen LogP contribution in [0.15, 0.2) is 27.6 Å². The molecule has 0 aliphatic carbocycles. The third-order valence-corrected chi connectivity index (χ3v) is 7.62. The lowest BCUT2D eigenvalue weighted by Gasteiger charge is -2.31. The van der Waals surface area contributed by atoms with Crippen molar-refractivity contribution in [2.45, 2.75) is 30.0 Å². The minimum atomic E-state index is -3.43. The van der Waals surface area contributed by atoms with Crippen LogP contribution in [0.4, 0.5) is 0 Å². The molecule has 1 atom stereocenters. The molecule has 0 aromatic heterocycles. The number of halogens is 1. The van der Waals surface area contributed by atoms with Gasteiger partial charge in [0.05, 0.1) is 4.90 Å². The van der Waals surface area contributed by atoms with Crippen LogP contribution in [0.5, 0.6) is 0 Å². The molecule has 1 fully saturated rings. The quantitative estimate of drug-likeness (QED) is 0.873. The SMILES string of the molecule is CCC1CN(S(=O)(=O)c2ccc(CN)cc2Br)CCS1. The van der Waals surface area contributed by atoms with Gasteiger partial charge in [-0.1, -0.05) is 13.0 Å². The van der Waals surface area contributed by atoms with Crippen molar-refractivity contribution in [3.05, 3.63) is 28.2 Å². The summed E-state index contributed by atoms with van der Waals surface area (Å²) in [5.74, 6) is 0.857. The van der Waals surface area contributed by atoms with E-state index in [9.17, 15) is 8.42 Å². The first-order valence-corrected chi connectivity index (χ1v) is 9.87. The number of rotatable bonds is 4. The van der Waals surface area contributed by atoms with E-state index in [1.165, 1.54) is 0 Å². The zero-order valence-electron chi connectivity index (χ0n) is 11.4. The Labute approximate surface area is 133 Å². The minimum Gasteiger partial charge on any atom is -0.326 e. The fourth-order valence-corrected chi connectivity index (χ4v) is 6.14. The largest absolute Gasteiger partial charge is 0.326 e. The molecule has 0 radical (unpaired) electrons. The Balaban J connectivity index is 2.30. The molecule has 1 aromatic carbocycles. The molecule has 1 aliphatic rings. The number of benzene rings is 1. The lowest BCUT2D eigenvalue weighted by atomic mass is 10.2. The molecule has 1 unspecified atom stereocenters. The molecular weight excluding hydrogens is 360 g/mol. The van der Waals surface area contributed by atoms with Crippen molar-refractivity contribution in [2.24, 2.45) is 5.73 Å². The summed E-state index contributed by atoms with van der Waals surface area (Å²) in [6, 6.07) is 5.20. The Morgan fingerprint density at radius 2 is 2.25 bits per heavy atom. The van der Waals surface area contributed by atoms with Gasteiger partial charge < -0.3 is 5.73 Å². The van der Waals surface area contributed by atoms with Crippen LogP contribution in [0.2, 0.25) is 0 Å². The molecule has 0 bridgehead atoms. The number of sulfonamides is 1. The molecule has 1 saturated heterocycles. The first-order chi connectivity index (χ1) is 9.48. The average molecular weight is 379 g/mol. The van der Waals surface area contributed by atoms with E-state index in [0.29, 0.717) is 34.3 Å². The molecule has 1 heterocycles. The highest BCUT2D eigenvalue weighted by Crippen LogP contribution is 2.30. The Morgan fingerprint density at radius 1 is 1.50 bits per heavy atom. The molecule has 1 aromatic rings. The van der Waals surface area contributed by atoms with Crippen LogP contribution < -0.4 is 5.73 Å². The van der Waals surface area contributed by atoms with Gasteiger partial charge in [-0.05, 0) is 40.0 Å². The van der Waals surface area contributed by atoms with E-state index in [1.54, 1.807) is 22.5 Å². The van der Waals surface area contributed by atoms with Crippen LogP contribution in [-0.4, -0.2) is 36.8 Å². The summed E-state index contributed by atoms with van der Waals surface area (Å²) < 4.78 is 27.6. The summed E-state index contributed by atoms with van der Waals surface area (Å²) in [5.41, 5.74) is 6.49. The van der Waals surface area contributed by atoms with Crippen molar-refractivity contribution in [3.8, 4) is 0 Å². The predicted molar refractivity (Wildman–Crippen MR) is 87.3 cm³/mol. The summed E-state index contributed by atoms with van der Waals surface area (Å²) in [4.78, 5) is 0.330. The van der Waals surface area contributed by atoms with Crippen LogP contribution >= 0.6 is 27.7 Å². The summed E-state index contributed by atoms with van der Waals surface area (Å²) in [7, 11) is -3.43. The lowest BCUT2D eigenvalue weighted by Crippen LogP contribution is -2.41. The van der Waals surface area contributed by atoms with Crippen LogP contribution in [0, 0.1) is 0 Å². The van der Waals surface area contributed by atoms with E-state index in [0.717, 1.165) is 17.7 Å². The third kappa shape index (κ3) is 3.39. The number of nitrogens with two attached hydrogens (primary N) is 1. The van der Waals surface area contributed by atoms with Gasteiger partial charge in [-0.2, -0.15) is 16.1 Å². The van der Waals surface area contributed by atoms with Gasteiger partial charge in [-0.15, -0.1) is 0 Å². The molecule has 2 N–H and O–H groups in total. The van der Waals surface area contributed by atoms with E-state index in [2.05, 4.69) is 22.9 Å². The third-order valence-electron chi connectivity index (χ3n) is 3.41. The normalized spacial score (nSPS) is 21.1. The molecular formula is C13H19BrN2O2S2. The minimum absolute atomic E-state index is 0.330.